The Balaban J connectivity index is 1.38. The molecule has 140 valence electrons. The van der Waals surface area contributed by atoms with Crippen LogP contribution in [0.2, 0.25) is 5.02 Å². The summed E-state index contributed by atoms with van der Waals surface area (Å²) in [6.45, 7) is 8.37. The van der Waals surface area contributed by atoms with Crippen LogP contribution in [0.25, 0.3) is 0 Å². The van der Waals surface area contributed by atoms with E-state index < -0.39 is 0 Å². The summed E-state index contributed by atoms with van der Waals surface area (Å²) in [5.41, 5.74) is 0.782. The number of nitrogens with one attached hydrogen (secondary N) is 1. The third kappa shape index (κ3) is 5.30. The molecule has 1 aromatic carbocycles. The molecule has 2 aromatic rings. The molecule has 0 atom stereocenters. The number of anilines is 1. The molecule has 0 radical (unpaired) electrons. The van der Waals surface area contributed by atoms with Crippen LogP contribution in [0.1, 0.15) is 12.7 Å². The van der Waals surface area contributed by atoms with Gasteiger partial charge in [-0.05, 0) is 24.3 Å². The predicted molar refractivity (Wildman–Crippen MR) is 105 cm³/mol. The van der Waals surface area contributed by atoms with Crippen LogP contribution in [0, 0.1) is 0 Å². The average Bonchev–Trinajstić information content (AvgIpc) is 3.10. The van der Waals surface area contributed by atoms with E-state index in [1.807, 2.05) is 18.3 Å². The number of piperazine rings is 1. The molecular weight excluding hydrogens is 350 g/mol. The quantitative estimate of drug-likeness (QED) is 0.807. The Bertz CT molecular complexity index is 707. The number of halogens is 1. The number of aromatic nitrogens is 2. The van der Waals surface area contributed by atoms with Gasteiger partial charge in [-0.15, -0.1) is 0 Å². The van der Waals surface area contributed by atoms with Crippen molar-refractivity contribution in [1.82, 2.24) is 19.4 Å². The Morgan fingerprint density at radius 3 is 2.50 bits per heavy atom. The van der Waals surface area contributed by atoms with Gasteiger partial charge in [0.15, 0.2) is 0 Å². The molecule has 1 amide bonds. The lowest BCUT2D eigenvalue weighted by Crippen LogP contribution is -2.49. The summed E-state index contributed by atoms with van der Waals surface area (Å²) in [4.78, 5) is 21.2. The molecule has 6 nitrogen and oxygen atoms in total. The van der Waals surface area contributed by atoms with Crippen LogP contribution >= 0.6 is 11.6 Å². The van der Waals surface area contributed by atoms with Crippen LogP contribution in [-0.4, -0.2) is 64.5 Å². The smallest absolute Gasteiger partial charge is 0.238 e. The second-order valence-corrected chi connectivity index (χ2v) is 7.00. The summed E-state index contributed by atoms with van der Waals surface area (Å²) in [7, 11) is 0. The van der Waals surface area contributed by atoms with Gasteiger partial charge in [0.25, 0.3) is 0 Å². The minimum Gasteiger partial charge on any atom is -0.334 e. The largest absolute Gasteiger partial charge is 0.334 e. The highest BCUT2D eigenvalue weighted by Gasteiger charge is 2.19. The normalized spacial score (nSPS) is 15.9. The molecule has 0 saturated carbocycles. The van der Waals surface area contributed by atoms with Crippen molar-refractivity contribution in [3.8, 4) is 0 Å². The van der Waals surface area contributed by atoms with Gasteiger partial charge in [-0.25, -0.2) is 4.98 Å². The zero-order chi connectivity index (χ0) is 18.4. The van der Waals surface area contributed by atoms with Gasteiger partial charge in [-0.2, -0.15) is 0 Å². The molecule has 1 N–H and O–H groups in total. The highest BCUT2D eigenvalue weighted by molar-refractivity contribution is 6.30. The third-order valence-electron chi connectivity index (χ3n) is 4.74. The summed E-state index contributed by atoms with van der Waals surface area (Å²) in [6.07, 6.45) is 4.88. The van der Waals surface area contributed by atoms with Crippen LogP contribution in [-0.2, 0) is 17.8 Å². The van der Waals surface area contributed by atoms with E-state index in [0.717, 1.165) is 57.2 Å². The van der Waals surface area contributed by atoms with Gasteiger partial charge in [-0.1, -0.05) is 18.5 Å². The summed E-state index contributed by atoms with van der Waals surface area (Å²) in [5.74, 6) is 1.16. The number of benzene rings is 1. The Hall–Kier alpha value is -1.89. The third-order valence-corrected chi connectivity index (χ3v) is 4.99. The molecule has 2 heterocycles. The second-order valence-electron chi connectivity index (χ2n) is 6.56. The van der Waals surface area contributed by atoms with Crippen LogP contribution in [0.5, 0.6) is 0 Å². The number of rotatable bonds is 7. The van der Waals surface area contributed by atoms with E-state index in [1.165, 1.54) is 0 Å². The van der Waals surface area contributed by atoms with Gasteiger partial charge < -0.3 is 9.88 Å². The monoisotopic (exact) mass is 375 g/mol. The van der Waals surface area contributed by atoms with Crippen molar-refractivity contribution >= 4 is 23.2 Å². The first-order valence-electron chi connectivity index (χ1n) is 9.14. The van der Waals surface area contributed by atoms with Crippen molar-refractivity contribution in [3.05, 3.63) is 47.5 Å². The highest BCUT2D eigenvalue weighted by atomic mass is 35.5. The van der Waals surface area contributed by atoms with Crippen molar-refractivity contribution in [3.63, 3.8) is 0 Å². The van der Waals surface area contributed by atoms with Crippen LogP contribution in [0.15, 0.2) is 36.7 Å². The van der Waals surface area contributed by atoms with Crippen molar-refractivity contribution in [1.29, 1.82) is 0 Å². The molecule has 1 fully saturated rings. The molecule has 26 heavy (non-hydrogen) atoms. The zero-order valence-electron chi connectivity index (χ0n) is 15.2. The maximum Gasteiger partial charge on any atom is 0.238 e. The standard InChI is InChI=1S/C19H26ClN5O/c1-2-18-21-7-8-25(18)14-13-23-9-11-24(12-10-23)15-19(26)22-17-5-3-16(20)4-6-17/h3-8H,2,9-15H2,1H3,(H,22,26). The number of hydrogen-bond acceptors (Lipinski definition) is 4. The lowest BCUT2D eigenvalue weighted by molar-refractivity contribution is -0.117. The van der Waals surface area contributed by atoms with Gasteiger partial charge in [0.1, 0.15) is 5.82 Å². The minimum absolute atomic E-state index is 0.0202. The Labute approximate surface area is 159 Å². The molecule has 1 saturated heterocycles. The zero-order valence-corrected chi connectivity index (χ0v) is 16.0. The minimum atomic E-state index is 0.0202. The first-order chi connectivity index (χ1) is 12.6. The fourth-order valence-electron chi connectivity index (χ4n) is 3.22. The van der Waals surface area contributed by atoms with E-state index in [-0.39, 0.29) is 5.91 Å². The lowest BCUT2D eigenvalue weighted by Gasteiger charge is -2.34. The number of nitrogens with zero attached hydrogens (tertiary/aromatic N) is 4. The maximum absolute atomic E-state index is 12.2. The first kappa shape index (κ1) is 18.9. The SMILES string of the molecule is CCc1nccn1CCN1CCN(CC(=O)Nc2ccc(Cl)cc2)CC1. The Morgan fingerprint density at radius 2 is 1.81 bits per heavy atom. The number of imidazole rings is 1. The Kier molecular flexibility index (Phi) is 6.66. The van der Waals surface area contributed by atoms with E-state index in [9.17, 15) is 4.79 Å². The van der Waals surface area contributed by atoms with Crippen molar-refractivity contribution < 1.29 is 4.79 Å². The van der Waals surface area contributed by atoms with Gasteiger partial charge in [-0.3, -0.25) is 14.6 Å². The van der Waals surface area contributed by atoms with E-state index in [2.05, 4.69) is 37.8 Å². The van der Waals surface area contributed by atoms with Gasteiger partial charge >= 0.3 is 0 Å². The van der Waals surface area contributed by atoms with Gasteiger partial charge in [0, 0.05) is 68.8 Å². The van der Waals surface area contributed by atoms with E-state index in [4.69, 9.17) is 11.6 Å². The summed E-state index contributed by atoms with van der Waals surface area (Å²) < 4.78 is 2.23. The van der Waals surface area contributed by atoms with Crippen LogP contribution in [0.3, 0.4) is 0 Å². The van der Waals surface area contributed by atoms with E-state index >= 15 is 0 Å². The molecule has 0 unspecified atom stereocenters. The van der Waals surface area contributed by atoms with Crippen LogP contribution < -0.4 is 5.32 Å². The fourth-order valence-corrected chi connectivity index (χ4v) is 3.34. The van der Waals surface area contributed by atoms with Crippen molar-refractivity contribution in [2.75, 3.05) is 44.6 Å². The fraction of sp³-hybridized carbons (Fsp3) is 0.474. The number of amides is 1. The molecule has 1 aromatic heterocycles. The lowest BCUT2D eigenvalue weighted by atomic mass is 10.3. The molecule has 0 bridgehead atoms. The van der Waals surface area contributed by atoms with Crippen molar-refractivity contribution in [2.24, 2.45) is 0 Å². The van der Waals surface area contributed by atoms with Crippen LogP contribution in [0.4, 0.5) is 5.69 Å². The summed E-state index contributed by atoms with van der Waals surface area (Å²) >= 11 is 5.86. The Morgan fingerprint density at radius 1 is 1.12 bits per heavy atom. The maximum atomic E-state index is 12.2. The molecular formula is C19H26ClN5O. The molecule has 3 rings (SSSR count). The van der Waals surface area contributed by atoms with Crippen molar-refractivity contribution in [2.45, 2.75) is 19.9 Å². The number of hydrogen-bond donors (Lipinski definition) is 1. The van der Waals surface area contributed by atoms with E-state index in [0.29, 0.717) is 11.6 Å². The molecule has 1 aliphatic heterocycles. The summed E-state index contributed by atoms with van der Waals surface area (Å²) in [5, 5.41) is 3.59. The second kappa shape index (κ2) is 9.16. The highest BCUT2D eigenvalue weighted by Crippen LogP contribution is 2.13. The van der Waals surface area contributed by atoms with Gasteiger partial charge in [0.2, 0.25) is 5.91 Å². The molecule has 0 spiro atoms. The predicted octanol–water partition coefficient (Wildman–Crippen LogP) is 2.36. The molecule has 1 aliphatic rings. The molecule has 0 aliphatic carbocycles. The number of aryl methyl sites for hydroxylation is 1. The number of carbonyl (C=O) groups excluding carboxylic acids is 1. The first-order valence-corrected chi connectivity index (χ1v) is 9.52. The summed E-state index contributed by atoms with van der Waals surface area (Å²) in [6, 6.07) is 7.19. The van der Waals surface area contributed by atoms with E-state index in [1.54, 1.807) is 12.1 Å². The molecule has 7 heteroatoms. The topological polar surface area (TPSA) is 53.4 Å². The average molecular weight is 376 g/mol. The van der Waals surface area contributed by atoms with Gasteiger partial charge in [0.05, 0.1) is 6.54 Å². The number of carbonyl (C=O) groups is 1.